The van der Waals surface area contributed by atoms with E-state index in [1.807, 2.05) is 72.2 Å². The first-order valence-electron chi connectivity index (χ1n) is 15.6. The smallest absolute Gasteiger partial charge is 0.160 e. The highest BCUT2D eigenvalue weighted by atomic mass is 32.2. The number of aryl methyl sites for hydroxylation is 2. The average molecular weight is 629 g/mol. The summed E-state index contributed by atoms with van der Waals surface area (Å²) in [5.74, 6) is 1.91. The summed E-state index contributed by atoms with van der Waals surface area (Å²) in [7, 11) is 0.450. The molecule has 1 atom stereocenters. The second-order valence-corrected chi connectivity index (χ2v) is 12.4. The number of hydrogen-bond donors (Lipinski definition) is 0. The Labute approximate surface area is 269 Å². The molecule has 0 aliphatic rings. The zero-order chi connectivity index (χ0) is 32.0. The summed E-state index contributed by atoms with van der Waals surface area (Å²) in [5, 5.41) is 0. The molecule has 3 aromatic carbocycles. The first-order chi connectivity index (χ1) is 21.9. The molecule has 8 heteroatoms. The average Bonchev–Trinajstić information content (AvgIpc) is 3.48. The first kappa shape index (κ1) is 33.9. The Morgan fingerprint density at radius 1 is 0.956 bits per heavy atom. The standard InChI is InChI=1S/C37H44N2O5S/c1-5-7-19-43-20-21-44-35-14-11-30(12-15-35)32-22-28(3)37(42-4)31(24-32)10-13-34(40)23-29-8-16-36(17-9-29)45(41)26-33-25-38-27-39(33)18-6-2/h8-17,22,24-25,27H,5-7,18-21,23,26H2,1-4H3/b13-10+. The number of rotatable bonds is 18. The fraction of sp³-hybridized carbons (Fsp3) is 0.351. The van der Waals surface area contributed by atoms with Crippen molar-refractivity contribution in [3.05, 3.63) is 102 Å². The SMILES string of the molecule is CCCCOCCOc1ccc(-c2cc(C)c(OC)c(/C=C/C(=O)Cc3ccc(S(=O)Cc4cncn4CCC)cc3)c2)cc1. The quantitative estimate of drug-likeness (QED) is 0.0834. The van der Waals surface area contributed by atoms with Crippen LogP contribution in [0.15, 0.2) is 84.2 Å². The van der Waals surface area contributed by atoms with Gasteiger partial charge in [0.15, 0.2) is 5.78 Å². The second-order valence-electron chi connectivity index (χ2n) is 10.9. The van der Waals surface area contributed by atoms with Crippen molar-refractivity contribution in [3.8, 4) is 22.6 Å². The lowest BCUT2D eigenvalue weighted by Gasteiger charge is -2.13. The van der Waals surface area contributed by atoms with Gasteiger partial charge in [-0.15, -0.1) is 0 Å². The van der Waals surface area contributed by atoms with Crippen LogP contribution in [-0.4, -0.2) is 46.5 Å². The lowest BCUT2D eigenvalue weighted by atomic mass is 9.98. The highest BCUT2D eigenvalue weighted by Gasteiger charge is 2.12. The molecular weight excluding hydrogens is 584 g/mol. The molecule has 45 heavy (non-hydrogen) atoms. The minimum atomic E-state index is -1.19. The van der Waals surface area contributed by atoms with Crippen LogP contribution in [0, 0.1) is 6.92 Å². The van der Waals surface area contributed by atoms with E-state index in [0.717, 1.165) is 82.3 Å². The summed E-state index contributed by atoms with van der Waals surface area (Å²) in [6.07, 6.45) is 10.4. The number of carbonyl (C=O) groups is 1. The van der Waals surface area contributed by atoms with E-state index in [9.17, 15) is 9.00 Å². The number of benzene rings is 3. The van der Waals surface area contributed by atoms with Gasteiger partial charge in [0.2, 0.25) is 0 Å². The maximum Gasteiger partial charge on any atom is 0.160 e. The van der Waals surface area contributed by atoms with Crippen molar-refractivity contribution in [2.24, 2.45) is 0 Å². The van der Waals surface area contributed by atoms with E-state index in [4.69, 9.17) is 14.2 Å². The maximum atomic E-state index is 12.9. The molecule has 4 aromatic rings. The van der Waals surface area contributed by atoms with Gasteiger partial charge < -0.3 is 18.8 Å². The van der Waals surface area contributed by atoms with Gasteiger partial charge in [0.05, 0.1) is 42.3 Å². The largest absolute Gasteiger partial charge is 0.496 e. The Morgan fingerprint density at radius 2 is 1.73 bits per heavy atom. The summed E-state index contributed by atoms with van der Waals surface area (Å²) >= 11 is 0. The molecule has 1 aromatic heterocycles. The van der Waals surface area contributed by atoms with Crippen LogP contribution in [0.25, 0.3) is 17.2 Å². The summed E-state index contributed by atoms with van der Waals surface area (Å²) in [6.45, 7) is 8.97. The summed E-state index contributed by atoms with van der Waals surface area (Å²) in [5.41, 5.74) is 5.70. The Hall–Kier alpha value is -4.01. The molecular formula is C37H44N2O5S. The predicted octanol–water partition coefficient (Wildman–Crippen LogP) is 7.61. The number of nitrogens with zero attached hydrogens (tertiary/aromatic N) is 2. The van der Waals surface area contributed by atoms with Gasteiger partial charge in [-0.05, 0) is 90.6 Å². The number of methoxy groups -OCH3 is 1. The third kappa shape index (κ3) is 9.99. The fourth-order valence-corrected chi connectivity index (χ4v) is 6.13. The van der Waals surface area contributed by atoms with Crippen molar-refractivity contribution >= 4 is 22.7 Å². The lowest BCUT2D eigenvalue weighted by molar-refractivity contribution is -0.113. The lowest BCUT2D eigenvalue weighted by Crippen LogP contribution is -2.07. The molecule has 0 spiro atoms. The van der Waals surface area contributed by atoms with Crippen LogP contribution in [0.2, 0.25) is 0 Å². The second kappa shape index (κ2) is 17.5. The minimum absolute atomic E-state index is 0.0300. The van der Waals surface area contributed by atoms with E-state index in [0.29, 0.717) is 19.0 Å². The molecule has 7 nitrogen and oxygen atoms in total. The normalized spacial score (nSPS) is 12.0. The van der Waals surface area contributed by atoms with Crippen LogP contribution in [0.4, 0.5) is 0 Å². The number of aromatic nitrogens is 2. The molecule has 0 fully saturated rings. The van der Waals surface area contributed by atoms with E-state index in [1.54, 1.807) is 25.7 Å². The zero-order valence-electron chi connectivity index (χ0n) is 26.8. The van der Waals surface area contributed by atoms with Crippen molar-refractivity contribution in [3.63, 3.8) is 0 Å². The summed E-state index contributed by atoms with van der Waals surface area (Å²) in [6, 6.07) is 19.5. The Bertz CT molecular complexity index is 1580. The van der Waals surface area contributed by atoms with Crippen molar-refractivity contribution in [1.29, 1.82) is 0 Å². The topological polar surface area (TPSA) is 79.7 Å². The number of hydrogen-bond acceptors (Lipinski definition) is 6. The Morgan fingerprint density at radius 3 is 2.44 bits per heavy atom. The third-order valence-electron chi connectivity index (χ3n) is 7.39. The van der Waals surface area contributed by atoms with Gasteiger partial charge in [0, 0.05) is 36.2 Å². The molecule has 0 amide bonds. The molecule has 0 saturated heterocycles. The molecule has 0 N–H and O–H groups in total. The molecule has 0 radical (unpaired) electrons. The van der Waals surface area contributed by atoms with Gasteiger partial charge in [0.1, 0.15) is 18.1 Å². The van der Waals surface area contributed by atoms with Crippen molar-refractivity contribution in [1.82, 2.24) is 9.55 Å². The van der Waals surface area contributed by atoms with Gasteiger partial charge >= 0.3 is 0 Å². The molecule has 0 bridgehead atoms. The molecule has 0 saturated carbocycles. The van der Waals surface area contributed by atoms with E-state index in [2.05, 4.69) is 24.9 Å². The number of allylic oxidation sites excluding steroid dienone is 1. The highest BCUT2D eigenvalue weighted by molar-refractivity contribution is 7.84. The first-order valence-corrected chi connectivity index (χ1v) is 16.9. The predicted molar refractivity (Wildman–Crippen MR) is 181 cm³/mol. The van der Waals surface area contributed by atoms with Crippen LogP contribution in [0.1, 0.15) is 55.5 Å². The van der Waals surface area contributed by atoms with Gasteiger partial charge in [-0.25, -0.2) is 4.98 Å². The molecule has 1 heterocycles. The molecule has 1 unspecified atom stereocenters. The van der Waals surface area contributed by atoms with Crippen LogP contribution in [-0.2, 0) is 39.0 Å². The van der Waals surface area contributed by atoms with Crippen molar-refractivity contribution in [2.45, 2.75) is 63.6 Å². The van der Waals surface area contributed by atoms with Crippen LogP contribution in [0.3, 0.4) is 0 Å². The molecule has 0 aliphatic carbocycles. The van der Waals surface area contributed by atoms with Gasteiger partial charge in [0.25, 0.3) is 0 Å². The molecule has 4 rings (SSSR count). The minimum Gasteiger partial charge on any atom is -0.496 e. The third-order valence-corrected chi connectivity index (χ3v) is 8.75. The van der Waals surface area contributed by atoms with E-state index < -0.39 is 10.8 Å². The van der Waals surface area contributed by atoms with Crippen molar-refractivity contribution < 1.29 is 23.2 Å². The zero-order valence-corrected chi connectivity index (χ0v) is 27.6. The number of unbranched alkanes of at least 4 members (excludes halogenated alkanes) is 1. The number of carbonyl (C=O) groups excluding carboxylic acids is 1. The van der Waals surface area contributed by atoms with Gasteiger partial charge in [-0.3, -0.25) is 9.00 Å². The van der Waals surface area contributed by atoms with Crippen LogP contribution >= 0.6 is 0 Å². The van der Waals surface area contributed by atoms with Crippen LogP contribution < -0.4 is 9.47 Å². The number of ketones is 1. The maximum absolute atomic E-state index is 12.9. The number of imidazole rings is 1. The van der Waals surface area contributed by atoms with Gasteiger partial charge in [-0.2, -0.15) is 0 Å². The van der Waals surface area contributed by atoms with E-state index >= 15 is 0 Å². The van der Waals surface area contributed by atoms with E-state index in [-0.39, 0.29) is 12.2 Å². The monoisotopic (exact) mass is 628 g/mol. The Balaban J connectivity index is 1.37. The summed E-state index contributed by atoms with van der Waals surface area (Å²) in [4.78, 5) is 17.9. The summed E-state index contributed by atoms with van der Waals surface area (Å²) < 4.78 is 32.1. The Kier molecular flexibility index (Phi) is 13.2. The van der Waals surface area contributed by atoms with Gasteiger partial charge in [-0.1, -0.05) is 44.5 Å². The van der Waals surface area contributed by atoms with Crippen LogP contribution in [0.5, 0.6) is 11.5 Å². The fourth-order valence-electron chi connectivity index (χ4n) is 5.01. The van der Waals surface area contributed by atoms with Crippen molar-refractivity contribution in [2.75, 3.05) is 26.9 Å². The van der Waals surface area contributed by atoms with E-state index in [1.165, 1.54) is 0 Å². The molecule has 0 aliphatic heterocycles. The highest BCUT2D eigenvalue weighted by Crippen LogP contribution is 2.32. The number of ether oxygens (including phenoxy) is 3. The molecule has 238 valence electrons.